The van der Waals surface area contributed by atoms with Crippen LogP contribution in [0.3, 0.4) is 0 Å². The number of carbonyl (C=O) groups excluding carboxylic acids is 1. The van der Waals surface area contributed by atoms with Crippen LogP contribution in [0.5, 0.6) is 0 Å². The summed E-state index contributed by atoms with van der Waals surface area (Å²) in [5, 5.41) is 16.1. The van der Waals surface area contributed by atoms with Crippen molar-refractivity contribution in [2.75, 3.05) is 6.54 Å². The molecule has 1 saturated heterocycles. The van der Waals surface area contributed by atoms with E-state index in [-0.39, 0.29) is 23.4 Å². The number of likely N-dealkylation sites (tertiary alicyclic amines) is 1. The fourth-order valence-corrected chi connectivity index (χ4v) is 6.03. The number of aromatic nitrogens is 3. The molecule has 6 nitrogen and oxygen atoms in total. The molecule has 3 aromatic rings. The topological polar surface area (TPSA) is 63.1 Å². The van der Waals surface area contributed by atoms with Gasteiger partial charge in [-0.1, -0.05) is 30.3 Å². The molecule has 2 aromatic heterocycles. The molecule has 31 heavy (non-hydrogen) atoms. The van der Waals surface area contributed by atoms with Crippen molar-refractivity contribution in [2.24, 2.45) is 0 Å². The van der Waals surface area contributed by atoms with Crippen molar-refractivity contribution in [1.29, 1.82) is 0 Å². The number of amides is 1. The standard InChI is InChI=1S/C24H29N5OS/c1-17(2)25-23(30)22-27-26-21-8-10-24(19-6-4-3-5-7-19)11-12-28(20(24)15-29(21)22)14-18-9-13-31-16-18/h3-7,9,13,16-17,20H,8,10-12,14-15H2,1-2H3,(H,25,30)/t20-,24+/m1/s1. The van der Waals surface area contributed by atoms with Gasteiger partial charge in [-0.05, 0) is 61.2 Å². The smallest absolute Gasteiger partial charge is 0.289 e. The highest BCUT2D eigenvalue weighted by molar-refractivity contribution is 7.07. The van der Waals surface area contributed by atoms with Crippen molar-refractivity contribution in [3.63, 3.8) is 0 Å². The average molecular weight is 436 g/mol. The molecule has 2 aliphatic heterocycles. The highest BCUT2D eigenvalue weighted by Gasteiger charge is 2.50. The lowest BCUT2D eigenvalue weighted by Gasteiger charge is -2.38. The van der Waals surface area contributed by atoms with E-state index < -0.39 is 0 Å². The van der Waals surface area contributed by atoms with Gasteiger partial charge >= 0.3 is 0 Å². The second-order valence-corrected chi connectivity index (χ2v) is 9.85. The second-order valence-electron chi connectivity index (χ2n) is 9.07. The van der Waals surface area contributed by atoms with Crippen LogP contribution in [-0.2, 0) is 24.9 Å². The van der Waals surface area contributed by atoms with Gasteiger partial charge < -0.3 is 9.88 Å². The largest absolute Gasteiger partial charge is 0.347 e. The van der Waals surface area contributed by atoms with Gasteiger partial charge in [0, 0.05) is 37.0 Å². The quantitative estimate of drug-likeness (QED) is 0.665. The van der Waals surface area contributed by atoms with Crippen LogP contribution in [0.25, 0.3) is 0 Å². The predicted molar refractivity (Wildman–Crippen MR) is 122 cm³/mol. The van der Waals surface area contributed by atoms with E-state index in [2.05, 4.69) is 72.1 Å². The Morgan fingerprint density at radius 3 is 2.81 bits per heavy atom. The van der Waals surface area contributed by atoms with E-state index in [4.69, 9.17) is 0 Å². The van der Waals surface area contributed by atoms with E-state index >= 15 is 0 Å². The number of hydrogen-bond acceptors (Lipinski definition) is 5. The molecular formula is C24H29N5OS. The first-order chi connectivity index (χ1) is 15.1. The lowest BCUT2D eigenvalue weighted by Crippen LogP contribution is -2.45. The van der Waals surface area contributed by atoms with Crippen LogP contribution in [0.1, 0.15) is 54.3 Å². The van der Waals surface area contributed by atoms with Gasteiger partial charge in [-0.2, -0.15) is 11.3 Å². The van der Waals surface area contributed by atoms with Crippen molar-refractivity contribution in [3.05, 3.63) is 69.9 Å². The van der Waals surface area contributed by atoms with Gasteiger partial charge in [-0.3, -0.25) is 9.69 Å². The Kier molecular flexibility index (Phi) is 5.40. The zero-order chi connectivity index (χ0) is 21.4. The van der Waals surface area contributed by atoms with Gasteiger partial charge in [0.25, 0.3) is 5.91 Å². The molecule has 0 spiro atoms. The number of rotatable bonds is 5. The Hall–Kier alpha value is -2.51. The Balaban J connectivity index is 1.54. The maximum absolute atomic E-state index is 12.8. The van der Waals surface area contributed by atoms with E-state index in [9.17, 15) is 4.79 Å². The molecule has 0 unspecified atom stereocenters. The summed E-state index contributed by atoms with van der Waals surface area (Å²) >= 11 is 1.75. The SMILES string of the molecule is CC(C)NC(=O)c1nnc2n1C[C@H]1N(Cc3ccsc3)CC[C@]1(c1ccccc1)CC2. The van der Waals surface area contributed by atoms with Gasteiger partial charge in [0.05, 0.1) is 0 Å². The molecule has 1 N–H and O–H groups in total. The molecular weight excluding hydrogens is 406 g/mol. The van der Waals surface area contributed by atoms with E-state index in [1.165, 1.54) is 11.1 Å². The minimum atomic E-state index is -0.136. The third-order valence-electron chi connectivity index (χ3n) is 6.84. The van der Waals surface area contributed by atoms with Gasteiger partial charge in [0.15, 0.2) is 0 Å². The number of nitrogens with one attached hydrogen (secondary N) is 1. The summed E-state index contributed by atoms with van der Waals surface area (Å²) < 4.78 is 2.08. The Morgan fingerprint density at radius 1 is 1.23 bits per heavy atom. The highest BCUT2D eigenvalue weighted by atomic mass is 32.1. The molecule has 4 heterocycles. The third kappa shape index (κ3) is 3.70. The Bertz CT molecular complexity index is 1050. The van der Waals surface area contributed by atoms with Crippen molar-refractivity contribution in [1.82, 2.24) is 25.0 Å². The van der Waals surface area contributed by atoms with Gasteiger partial charge in [0.2, 0.25) is 5.82 Å². The van der Waals surface area contributed by atoms with E-state index in [1.54, 1.807) is 11.3 Å². The second kappa shape index (κ2) is 8.20. The molecule has 7 heteroatoms. The molecule has 1 aromatic carbocycles. The molecule has 0 aliphatic carbocycles. The van der Waals surface area contributed by atoms with E-state index in [0.29, 0.717) is 5.82 Å². The highest BCUT2D eigenvalue weighted by Crippen LogP contribution is 2.46. The number of nitrogens with zero attached hydrogens (tertiary/aromatic N) is 4. The normalized spacial score (nSPS) is 23.4. The van der Waals surface area contributed by atoms with E-state index in [0.717, 1.165) is 44.7 Å². The van der Waals surface area contributed by atoms with Crippen LogP contribution in [-0.4, -0.2) is 44.2 Å². The molecule has 162 valence electrons. The van der Waals surface area contributed by atoms with Gasteiger partial charge in [-0.15, -0.1) is 10.2 Å². The zero-order valence-corrected chi connectivity index (χ0v) is 18.9. The number of thiophene rings is 1. The Morgan fingerprint density at radius 2 is 2.06 bits per heavy atom. The lowest BCUT2D eigenvalue weighted by molar-refractivity contribution is 0.0923. The summed E-state index contributed by atoms with van der Waals surface area (Å²) in [4.78, 5) is 15.4. The van der Waals surface area contributed by atoms with Crippen molar-refractivity contribution in [3.8, 4) is 0 Å². The van der Waals surface area contributed by atoms with Gasteiger partial charge in [0.1, 0.15) is 5.82 Å². The maximum atomic E-state index is 12.8. The number of benzene rings is 1. The molecule has 0 bridgehead atoms. The number of aryl methyl sites for hydroxylation is 1. The van der Waals surface area contributed by atoms with Crippen LogP contribution in [0.15, 0.2) is 47.2 Å². The minimum absolute atomic E-state index is 0.0593. The predicted octanol–water partition coefficient (Wildman–Crippen LogP) is 3.64. The summed E-state index contributed by atoms with van der Waals surface area (Å²) in [7, 11) is 0. The average Bonchev–Trinajstić information content (AvgIpc) is 3.47. The van der Waals surface area contributed by atoms with Crippen LogP contribution < -0.4 is 5.32 Å². The number of carbonyl (C=O) groups is 1. The fourth-order valence-electron chi connectivity index (χ4n) is 5.37. The monoisotopic (exact) mass is 435 g/mol. The van der Waals surface area contributed by atoms with Crippen molar-refractivity contribution >= 4 is 17.2 Å². The molecule has 0 radical (unpaired) electrons. The lowest BCUT2D eigenvalue weighted by atomic mass is 9.71. The number of hydrogen-bond donors (Lipinski definition) is 1. The van der Waals surface area contributed by atoms with Crippen LogP contribution in [0, 0.1) is 0 Å². The summed E-state index contributed by atoms with van der Waals surface area (Å²) in [5.41, 5.74) is 2.82. The van der Waals surface area contributed by atoms with E-state index in [1.807, 2.05) is 13.8 Å². The first kappa shape index (κ1) is 20.4. The van der Waals surface area contributed by atoms with Crippen LogP contribution >= 0.6 is 11.3 Å². The summed E-state index contributed by atoms with van der Waals surface area (Å²) in [6.07, 6.45) is 2.98. The summed E-state index contributed by atoms with van der Waals surface area (Å²) in [6.45, 7) is 6.67. The molecule has 2 atom stereocenters. The first-order valence-electron chi connectivity index (χ1n) is 11.1. The molecule has 1 amide bonds. The molecule has 1 fully saturated rings. The molecule has 2 aliphatic rings. The maximum Gasteiger partial charge on any atom is 0.289 e. The third-order valence-corrected chi connectivity index (χ3v) is 7.57. The van der Waals surface area contributed by atoms with Gasteiger partial charge in [-0.25, -0.2) is 0 Å². The van der Waals surface area contributed by atoms with Crippen molar-refractivity contribution in [2.45, 2.75) is 63.7 Å². The minimum Gasteiger partial charge on any atom is -0.347 e. The fraction of sp³-hybridized carbons (Fsp3) is 0.458. The zero-order valence-electron chi connectivity index (χ0n) is 18.1. The molecule has 0 saturated carbocycles. The summed E-state index contributed by atoms with van der Waals surface area (Å²) in [5.74, 6) is 1.23. The Labute approximate surface area is 187 Å². The van der Waals surface area contributed by atoms with Crippen molar-refractivity contribution < 1.29 is 4.79 Å². The molecule has 5 rings (SSSR count). The van der Waals surface area contributed by atoms with Crippen LogP contribution in [0.4, 0.5) is 0 Å². The number of fused-ring (bicyclic) bond motifs is 2. The summed E-state index contributed by atoms with van der Waals surface area (Å²) in [6, 6.07) is 13.5. The van der Waals surface area contributed by atoms with Crippen LogP contribution in [0.2, 0.25) is 0 Å². The first-order valence-corrected chi connectivity index (χ1v) is 12.0.